The van der Waals surface area contributed by atoms with Crippen LogP contribution in [0.2, 0.25) is 0 Å². The third-order valence-corrected chi connectivity index (χ3v) is 2.03. The first-order chi connectivity index (χ1) is 8.19. The lowest BCUT2D eigenvalue weighted by Crippen LogP contribution is -1.93. The molecule has 1 heterocycles. The first-order valence-electron chi connectivity index (χ1n) is 4.78. The molecule has 0 unspecified atom stereocenters. The van der Waals surface area contributed by atoms with Crippen molar-refractivity contribution in [3.8, 4) is 17.7 Å². The highest BCUT2D eigenvalue weighted by molar-refractivity contribution is 5.44. The van der Waals surface area contributed by atoms with E-state index in [0.29, 0.717) is 11.3 Å². The maximum absolute atomic E-state index is 13.4. The number of pyridine rings is 1. The second kappa shape index (κ2) is 4.49. The minimum Gasteiger partial charge on any atom is -0.436 e. The lowest BCUT2D eigenvalue weighted by molar-refractivity contribution is 0.427. The van der Waals surface area contributed by atoms with Crippen LogP contribution in [0.15, 0.2) is 36.5 Å². The molecule has 2 N–H and O–H groups in total. The highest BCUT2D eigenvalue weighted by atomic mass is 19.1. The van der Waals surface area contributed by atoms with Crippen LogP contribution in [0.4, 0.5) is 10.1 Å². The molecule has 0 aliphatic heterocycles. The van der Waals surface area contributed by atoms with Crippen LogP contribution in [0, 0.1) is 17.1 Å². The van der Waals surface area contributed by atoms with Crippen LogP contribution in [0.1, 0.15) is 5.56 Å². The van der Waals surface area contributed by atoms with Crippen molar-refractivity contribution in [3.05, 3.63) is 47.9 Å². The lowest BCUT2D eigenvalue weighted by atomic mass is 10.3. The summed E-state index contributed by atoms with van der Waals surface area (Å²) < 4.78 is 18.6. The van der Waals surface area contributed by atoms with Gasteiger partial charge in [0.25, 0.3) is 0 Å². The van der Waals surface area contributed by atoms with Crippen molar-refractivity contribution in [1.29, 1.82) is 5.26 Å². The zero-order chi connectivity index (χ0) is 12.3. The summed E-state index contributed by atoms with van der Waals surface area (Å²) >= 11 is 0. The van der Waals surface area contributed by atoms with E-state index in [2.05, 4.69) is 4.98 Å². The molecule has 0 spiro atoms. The van der Waals surface area contributed by atoms with E-state index in [1.807, 2.05) is 6.07 Å². The number of hydrogen-bond donors (Lipinski definition) is 1. The minimum absolute atomic E-state index is 0.0155. The van der Waals surface area contributed by atoms with Crippen molar-refractivity contribution < 1.29 is 9.13 Å². The summed E-state index contributed by atoms with van der Waals surface area (Å²) in [6.45, 7) is 0. The first-order valence-corrected chi connectivity index (χ1v) is 4.78. The molecule has 0 radical (unpaired) electrons. The van der Waals surface area contributed by atoms with E-state index >= 15 is 0 Å². The molecule has 0 aliphatic carbocycles. The van der Waals surface area contributed by atoms with Gasteiger partial charge in [0, 0.05) is 24.0 Å². The predicted octanol–water partition coefficient (Wildman–Crippen LogP) is 2.47. The van der Waals surface area contributed by atoms with E-state index in [4.69, 9.17) is 15.7 Å². The van der Waals surface area contributed by atoms with Crippen molar-refractivity contribution in [2.75, 3.05) is 5.73 Å². The number of nitriles is 1. The molecule has 1 aromatic heterocycles. The fraction of sp³-hybridized carbons (Fsp3) is 0. The molecule has 4 nitrogen and oxygen atoms in total. The molecule has 5 heteroatoms. The molecule has 0 amide bonds. The Balaban J connectivity index is 2.28. The van der Waals surface area contributed by atoms with Gasteiger partial charge in [-0.1, -0.05) is 0 Å². The van der Waals surface area contributed by atoms with Crippen molar-refractivity contribution in [3.63, 3.8) is 0 Å². The number of ether oxygens (including phenoxy) is 1. The molecule has 2 aromatic rings. The Labute approximate surface area is 97.1 Å². The fourth-order valence-electron chi connectivity index (χ4n) is 1.25. The lowest BCUT2D eigenvalue weighted by Gasteiger charge is -2.06. The van der Waals surface area contributed by atoms with Crippen molar-refractivity contribution in [2.45, 2.75) is 0 Å². The van der Waals surface area contributed by atoms with Gasteiger partial charge < -0.3 is 10.5 Å². The van der Waals surface area contributed by atoms with Gasteiger partial charge in [0.1, 0.15) is 0 Å². The Bertz CT molecular complexity index is 593. The minimum atomic E-state index is -0.575. The molecule has 0 atom stereocenters. The maximum Gasteiger partial charge on any atom is 0.220 e. The van der Waals surface area contributed by atoms with Crippen LogP contribution in [0.25, 0.3) is 0 Å². The second-order valence-corrected chi connectivity index (χ2v) is 3.29. The van der Waals surface area contributed by atoms with Crippen molar-refractivity contribution in [2.24, 2.45) is 0 Å². The number of nitrogen functional groups attached to an aromatic ring is 1. The number of anilines is 1. The molecule has 84 valence electrons. The Morgan fingerprint density at radius 1 is 1.29 bits per heavy atom. The third kappa shape index (κ3) is 2.49. The number of rotatable bonds is 2. The largest absolute Gasteiger partial charge is 0.436 e. The number of nitrogens with zero attached hydrogens (tertiary/aromatic N) is 2. The van der Waals surface area contributed by atoms with Crippen LogP contribution in [-0.4, -0.2) is 4.98 Å². The second-order valence-electron chi connectivity index (χ2n) is 3.29. The van der Waals surface area contributed by atoms with Gasteiger partial charge in [-0.2, -0.15) is 5.26 Å². The summed E-state index contributed by atoms with van der Waals surface area (Å²) in [4.78, 5) is 3.87. The average Bonchev–Trinajstić information content (AvgIpc) is 2.33. The fourth-order valence-corrected chi connectivity index (χ4v) is 1.25. The summed E-state index contributed by atoms with van der Waals surface area (Å²) in [5, 5.41) is 8.70. The van der Waals surface area contributed by atoms with E-state index in [0.717, 1.165) is 6.07 Å². The topological polar surface area (TPSA) is 71.9 Å². The Kier molecular flexibility index (Phi) is 2.88. The zero-order valence-electron chi connectivity index (χ0n) is 8.72. The Hall–Kier alpha value is -2.61. The van der Waals surface area contributed by atoms with Gasteiger partial charge in [-0.25, -0.2) is 9.37 Å². The van der Waals surface area contributed by atoms with Crippen molar-refractivity contribution >= 4 is 5.69 Å². The van der Waals surface area contributed by atoms with Crippen LogP contribution >= 0.6 is 0 Å². The van der Waals surface area contributed by atoms with E-state index in [9.17, 15) is 4.39 Å². The zero-order valence-corrected chi connectivity index (χ0v) is 8.72. The summed E-state index contributed by atoms with van der Waals surface area (Å²) in [6.07, 6.45) is 1.42. The quantitative estimate of drug-likeness (QED) is 0.803. The van der Waals surface area contributed by atoms with E-state index in [1.54, 1.807) is 0 Å². The summed E-state index contributed by atoms with van der Waals surface area (Å²) in [7, 11) is 0. The molecular weight excluding hydrogens is 221 g/mol. The predicted molar refractivity (Wildman–Crippen MR) is 59.8 cm³/mol. The van der Waals surface area contributed by atoms with Gasteiger partial charge in [-0.3, -0.25) is 0 Å². The van der Waals surface area contributed by atoms with E-state index < -0.39 is 5.82 Å². The van der Waals surface area contributed by atoms with Crippen molar-refractivity contribution in [1.82, 2.24) is 4.98 Å². The molecule has 0 bridgehead atoms. The maximum atomic E-state index is 13.4. The Morgan fingerprint density at radius 3 is 2.82 bits per heavy atom. The highest BCUT2D eigenvalue weighted by Gasteiger charge is 2.06. The molecule has 0 saturated carbocycles. The number of nitrogens with two attached hydrogens (primary N) is 1. The summed E-state index contributed by atoms with van der Waals surface area (Å²) in [5.74, 6) is -0.399. The number of aromatic nitrogens is 1. The number of benzene rings is 1. The van der Waals surface area contributed by atoms with Crippen LogP contribution < -0.4 is 10.5 Å². The summed E-state index contributed by atoms with van der Waals surface area (Å²) in [5.41, 5.74) is 6.12. The Morgan fingerprint density at radius 2 is 2.12 bits per heavy atom. The molecule has 2 rings (SSSR count). The molecule has 0 fully saturated rings. The first kappa shape index (κ1) is 10.9. The normalized spacial score (nSPS) is 9.65. The van der Waals surface area contributed by atoms with Gasteiger partial charge in [0.05, 0.1) is 11.6 Å². The molecule has 17 heavy (non-hydrogen) atoms. The van der Waals surface area contributed by atoms with Gasteiger partial charge in [-0.05, 0) is 18.2 Å². The SMILES string of the molecule is N#Cc1ccnc(Oc2ccc(N)cc2F)c1. The molecule has 0 aliphatic rings. The van der Waals surface area contributed by atoms with Crippen LogP contribution in [-0.2, 0) is 0 Å². The van der Waals surface area contributed by atoms with Gasteiger partial charge >= 0.3 is 0 Å². The van der Waals surface area contributed by atoms with E-state index in [-0.39, 0.29) is 11.6 Å². The highest BCUT2D eigenvalue weighted by Crippen LogP contribution is 2.24. The standard InChI is InChI=1S/C12H8FN3O/c13-10-6-9(15)1-2-11(10)17-12-5-8(7-14)3-4-16-12/h1-6H,15H2. The van der Waals surface area contributed by atoms with Gasteiger partial charge in [0.2, 0.25) is 5.88 Å². The molecule has 0 saturated heterocycles. The van der Waals surface area contributed by atoms with Gasteiger partial charge in [0.15, 0.2) is 11.6 Å². The van der Waals surface area contributed by atoms with Crippen LogP contribution in [0.3, 0.4) is 0 Å². The third-order valence-electron chi connectivity index (χ3n) is 2.03. The summed E-state index contributed by atoms with van der Waals surface area (Å²) in [6, 6.07) is 8.99. The molecular formula is C12H8FN3O. The van der Waals surface area contributed by atoms with Gasteiger partial charge in [-0.15, -0.1) is 0 Å². The number of halogens is 1. The molecule has 1 aromatic carbocycles. The monoisotopic (exact) mass is 229 g/mol. The van der Waals surface area contributed by atoms with Crippen LogP contribution in [0.5, 0.6) is 11.6 Å². The smallest absolute Gasteiger partial charge is 0.220 e. The average molecular weight is 229 g/mol. The van der Waals surface area contributed by atoms with E-state index in [1.165, 1.54) is 30.5 Å². The number of hydrogen-bond acceptors (Lipinski definition) is 4.